The minimum atomic E-state index is -4.67. The second kappa shape index (κ2) is 21.6. The van der Waals surface area contributed by atoms with Gasteiger partial charge in [-0.2, -0.15) is 8.42 Å². The summed E-state index contributed by atoms with van der Waals surface area (Å²) in [5.41, 5.74) is 0. The van der Waals surface area contributed by atoms with Crippen molar-refractivity contribution in [3.8, 4) is 0 Å². The van der Waals surface area contributed by atoms with Crippen molar-refractivity contribution in [2.75, 3.05) is 26.2 Å². The van der Waals surface area contributed by atoms with Crippen LogP contribution < -0.4 is 0 Å². The first kappa shape index (κ1) is 30.8. The van der Waals surface area contributed by atoms with Gasteiger partial charge in [-0.3, -0.25) is 18.9 Å². The lowest BCUT2D eigenvalue weighted by atomic mass is 10.0. The molecule has 0 spiro atoms. The van der Waals surface area contributed by atoms with Crippen molar-refractivity contribution in [1.29, 1.82) is 0 Å². The average molecular weight is 479 g/mol. The SMILES string of the molecule is CCCCCCCCCCCCCCCCCC(=O)OCCN1C=NCC1.O=S(=O)(O)O. The molecule has 190 valence electrons. The third-order valence-electron chi connectivity index (χ3n) is 5.39. The van der Waals surface area contributed by atoms with Crippen LogP contribution in [0, 0.1) is 0 Å². The Bertz CT molecular complexity index is 561. The first-order valence-electron chi connectivity index (χ1n) is 12.4. The van der Waals surface area contributed by atoms with Crippen molar-refractivity contribution in [2.24, 2.45) is 4.99 Å². The van der Waals surface area contributed by atoms with Crippen molar-refractivity contribution >= 4 is 22.7 Å². The van der Waals surface area contributed by atoms with Gasteiger partial charge >= 0.3 is 16.4 Å². The molecule has 1 aliphatic heterocycles. The van der Waals surface area contributed by atoms with Gasteiger partial charge in [-0.15, -0.1) is 0 Å². The second-order valence-electron chi connectivity index (χ2n) is 8.43. The molecule has 0 bridgehead atoms. The summed E-state index contributed by atoms with van der Waals surface area (Å²) in [5, 5.41) is 0. The van der Waals surface area contributed by atoms with Crippen LogP contribution in [0.25, 0.3) is 0 Å². The molecule has 0 aliphatic carbocycles. The van der Waals surface area contributed by atoms with Gasteiger partial charge in [0.2, 0.25) is 0 Å². The smallest absolute Gasteiger partial charge is 0.394 e. The molecule has 0 unspecified atom stereocenters. The number of rotatable bonds is 19. The van der Waals surface area contributed by atoms with Crippen LogP contribution in [-0.4, -0.2) is 61.0 Å². The van der Waals surface area contributed by atoms with Crippen LogP contribution in [0.5, 0.6) is 0 Å². The zero-order valence-electron chi connectivity index (χ0n) is 20.0. The van der Waals surface area contributed by atoms with Crippen molar-refractivity contribution in [2.45, 2.75) is 110 Å². The van der Waals surface area contributed by atoms with E-state index in [1.807, 2.05) is 6.34 Å². The lowest BCUT2D eigenvalue weighted by Gasteiger charge is -2.13. The lowest BCUT2D eigenvalue weighted by molar-refractivity contribution is -0.143. The molecular formula is C23H46N2O6S. The summed E-state index contributed by atoms with van der Waals surface area (Å²) < 4.78 is 36.9. The van der Waals surface area contributed by atoms with Crippen LogP contribution in [0.15, 0.2) is 4.99 Å². The fourth-order valence-corrected chi connectivity index (χ4v) is 3.58. The van der Waals surface area contributed by atoms with E-state index in [9.17, 15) is 4.79 Å². The van der Waals surface area contributed by atoms with E-state index in [0.29, 0.717) is 13.0 Å². The van der Waals surface area contributed by atoms with Gasteiger partial charge in [0.15, 0.2) is 0 Å². The molecule has 0 saturated carbocycles. The monoisotopic (exact) mass is 478 g/mol. The van der Waals surface area contributed by atoms with E-state index in [0.717, 1.165) is 32.5 Å². The Hall–Kier alpha value is -1.19. The highest BCUT2D eigenvalue weighted by Crippen LogP contribution is 2.13. The van der Waals surface area contributed by atoms with Crippen LogP contribution in [0.1, 0.15) is 110 Å². The third kappa shape index (κ3) is 26.8. The normalized spacial score (nSPS) is 13.2. The van der Waals surface area contributed by atoms with Crippen molar-refractivity contribution in [3.05, 3.63) is 0 Å². The van der Waals surface area contributed by atoms with Crippen LogP contribution in [0.2, 0.25) is 0 Å². The highest BCUT2D eigenvalue weighted by Gasteiger charge is 2.07. The maximum atomic E-state index is 11.7. The number of aliphatic imine (C=N–C) groups is 1. The Morgan fingerprint density at radius 2 is 1.31 bits per heavy atom. The zero-order chi connectivity index (χ0) is 23.9. The standard InChI is InChI=1S/C23H44N2O2.H2O4S/c1-2-3-4-5-6-7-8-9-10-11-12-13-14-15-16-17-23(26)27-21-20-25-19-18-24-22-25;1-5(2,3)4/h22H,2-21H2,1H3;(H2,1,2,3,4). The largest absolute Gasteiger partial charge is 0.464 e. The van der Waals surface area contributed by atoms with E-state index in [1.54, 1.807) is 0 Å². The predicted molar refractivity (Wildman–Crippen MR) is 130 cm³/mol. The van der Waals surface area contributed by atoms with E-state index in [2.05, 4.69) is 16.8 Å². The van der Waals surface area contributed by atoms with Gasteiger partial charge in [0.05, 0.1) is 19.4 Å². The van der Waals surface area contributed by atoms with Gasteiger partial charge in [0.1, 0.15) is 6.61 Å². The summed E-state index contributed by atoms with van der Waals surface area (Å²) in [6, 6.07) is 0. The van der Waals surface area contributed by atoms with Crippen LogP contribution >= 0.6 is 0 Å². The van der Waals surface area contributed by atoms with Crippen LogP contribution in [-0.2, 0) is 19.9 Å². The Balaban J connectivity index is 0.00000172. The number of hydrogen-bond donors (Lipinski definition) is 2. The predicted octanol–water partition coefficient (Wildman–Crippen LogP) is 5.48. The molecule has 0 saturated heterocycles. The summed E-state index contributed by atoms with van der Waals surface area (Å²) in [6.45, 7) is 5.36. The Kier molecular flexibility index (Phi) is 20.8. The maximum absolute atomic E-state index is 11.7. The van der Waals surface area contributed by atoms with E-state index in [4.69, 9.17) is 22.3 Å². The molecule has 8 nitrogen and oxygen atoms in total. The molecule has 2 N–H and O–H groups in total. The molecule has 1 aliphatic rings. The number of hydrogen-bond acceptors (Lipinski definition) is 6. The molecule has 0 aromatic heterocycles. The topological polar surface area (TPSA) is 116 Å². The van der Waals surface area contributed by atoms with Crippen molar-refractivity contribution in [1.82, 2.24) is 4.90 Å². The van der Waals surface area contributed by atoms with Gasteiger partial charge < -0.3 is 9.64 Å². The number of carbonyl (C=O) groups excluding carboxylic acids is 1. The molecule has 0 amide bonds. The Morgan fingerprint density at radius 1 is 0.875 bits per heavy atom. The van der Waals surface area contributed by atoms with Crippen molar-refractivity contribution in [3.63, 3.8) is 0 Å². The summed E-state index contributed by atoms with van der Waals surface area (Å²) in [4.78, 5) is 17.9. The first-order chi connectivity index (χ1) is 15.3. The molecule has 0 atom stereocenters. The second-order valence-corrected chi connectivity index (χ2v) is 9.32. The molecule has 0 radical (unpaired) electrons. The number of esters is 1. The third-order valence-corrected chi connectivity index (χ3v) is 5.39. The van der Waals surface area contributed by atoms with Gasteiger partial charge in [0, 0.05) is 13.0 Å². The van der Waals surface area contributed by atoms with Gasteiger partial charge in [-0.25, -0.2) is 0 Å². The summed E-state index contributed by atoms with van der Waals surface area (Å²) in [6.07, 6.45) is 22.6. The number of unbranched alkanes of at least 4 members (excludes halogenated alkanes) is 14. The number of nitrogens with zero attached hydrogens (tertiary/aromatic N) is 2. The molecule has 32 heavy (non-hydrogen) atoms. The van der Waals surface area contributed by atoms with Crippen LogP contribution in [0.4, 0.5) is 0 Å². The van der Waals surface area contributed by atoms with Crippen molar-refractivity contribution < 1.29 is 27.1 Å². The van der Waals surface area contributed by atoms with E-state index in [1.165, 1.54) is 83.5 Å². The minimum Gasteiger partial charge on any atom is -0.464 e. The zero-order valence-corrected chi connectivity index (χ0v) is 20.9. The van der Waals surface area contributed by atoms with E-state index in [-0.39, 0.29) is 5.97 Å². The summed E-state index contributed by atoms with van der Waals surface area (Å²) in [7, 11) is -4.67. The fraction of sp³-hybridized carbons (Fsp3) is 0.913. The number of carbonyl (C=O) groups is 1. The molecule has 0 aromatic rings. The fourth-order valence-electron chi connectivity index (χ4n) is 3.58. The van der Waals surface area contributed by atoms with Gasteiger partial charge in [0.25, 0.3) is 0 Å². The molecule has 1 heterocycles. The molecule has 0 aromatic carbocycles. The molecule has 1 rings (SSSR count). The minimum absolute atomic E-state index is 0.0409. The Morgan fingerprint density at radius 3 is 1.72 bits per heavy atom. The number of ether oxygens (including phenoxy) is 1. The lowest BCUT2D eigenvalue weighted by Crippen LogP contribution is -2.25. The van der Waals surface area contributed by atoms with E-state index >= 15 is 0 Å². The molecular weight excluding hydrogens is 432 g/mol. The van der Waals surface area contributed by atoms with Gasteiger partial charge in [-0.1, -0.05) is 96.8 Å². The average Bonchev–Trinajstić information content (AvgIpc) is 3.23. The van der Waals surface area contributed by atoms with E-state index < -0.39 is 10.4 Å². The highest BCUT2D eigenvalue weighted by atomic mass is 32.3. The quantitative estimate of drug-likeness (QED) is 0.143. The molecule has 9 heteroatoms. The summed E-state index contributed by atoms with van der Waals surface area (Å²) >= 11 is 0. The maximum Gasteiger partial charge on any atom is 0.394 e. The first-order valence-corrected chi connectivity index (χ1v) is 13.8. The molecule has 0 fully saturated rings. The van der Waals surface area contributed by atoms with Crippen LogP contribution in [0.3, 0.4) is 0 Å². The highest BCUT2D eigenvalue weighted by molar-refractivity contribution is 7.79. The summed E-state index contributed by atoms with van der Waals surface area (Å²) in [5.74, 6) is -0.0409. The Labute approximate surface area is 195 Å². The van der Waals surface area contributed by atoms with Gasteiger partial charge in [-0.05, 0) is 6.42 Å².